The van der Waals surface area contributed by atoms with Gasteiger partial charge in [0.25, 0.3) is 0 Å². The third-order valence-corrected chi connectivity index (χ3v) is 7.26. The summed E-state index contributed by atoms with van der Waals surface area (Å²) in [7, 11) is -10.8. The first kappa shape index (κ1) is 35.3. The first-order valence-corrected chi connectivity index (χ1v) is 15.5. The van der Waals surface area contributed by atoms with Crippen LogP contribution in [-0.2, 0) is 39.3 Å². The summed E-state index contributed by atoms with van der Waals surface area (Å²) in [5.74, 6) is 0. The Hall–Kier alpha value is -1.67. The smallest absolute Gasteiger partial charge is 0.798 e. The monoisotopic (exact) mass is 662 g/mol. The van der Waals surface area contributed by atoms with Gasteiger partial charge < -0.3 is 37.8 Å². The Labute approximate surface area is 232 Å². The Balaban J connectivity index is 0.000000463. The molecule has 4 aromatic carbocycles. The maximum atomic E-state index is 10.3. The predicted octanol–water partition coefficient (Wildman–Crippen LogP) is 0.585. The second kappa shape index (κ2) is 21.3. The number of hydrogen-bond donors (Lipinski definition) is 0. The van der Waals surface area contributed by atoms with Crippen LogP contribution in [0.25, 0.3) is 0 Å². The molecule has 0 amide bonds. The molecule has 0 aromatic heterocycles. The molecule has 13 heteroatoms. The van der Waals surface area contributed by atoms with Crippen LogP contribution >= 0.6 is 32.1 Å². The van der Waals surface area contributed by atoms with E-state index in [1.807, 2.05) is 0 Å². The van der Waals surface area contributed by atoms with Crippen molar-refractivity contribution in [1.29, 1.82) is 0 Å². The van der Waals surface area contributed by atoms with E-state index in [4.69, 9.17) is 0 Å². The molecule has 0 N–H and O–H groups in total. The largest absolute Gasteiger partial charge is 4.00 e. The molecule has 0 bridgehead atoms. The summed E-state index contributed by atoms with van der Waals surface area (Å²) in [5, 5.41) is 1.62. The summed E-state index contributed by atoms with van der Waals surface area (Å²) in [6.45, 7) is 0. The van der Waals surface area contributed by atoms with Crippen LogP contribution in [0.5, 0.6) is 0 Å². The Morgan fingerprint density at radius 1 is 0.324 bits per heavy atom. The maximum absolute atomic E-state index is 10.3. The van der Waals surface area contributed by atoms with Crippen LogP contribution in [0.4, 0.5) is 0 Å². The van der Waals surface area contributed by atoms with E-state index in [-0.39, 0.29) is 21.1 Å². The maximum Gasteiger partial charge on any atom is 4.00 e. The third kappa shape index (κ3) is 16.7. The third-order valence-electron chi connectivity index (χ3n) is 4.04. The first-order valence-electron chi connectivity index (χ1n) is 10.3. The fourth-order valence-corrected chi connectivity index (χ4v) is 4.16. The van der Waals surface area contributed by atoms with E-state index in [2.05, 4.69) is 0 Å². The van der Waals surface area contributed by atoms with E-state index in [0.717, 1.165) is 0 Å². The molecule has 0 spiro atoms. The van der Waals surface area contributed by atoms with E-state index in [1.54, 1.807) is 121 Å². The van der Waals surface area contributed by atoms with Crippen molar-refractivity contribution in [2.75, 3.05) is 0 Å². The predicted molar refractivity (Wildman–Crippen MR) is 140 cm³/mol. The molecular formula is C24H24MoO8P4. The van der Waals surface area contributed by atoms with Gasteiger partial charge in [-0.3, -0.25) is 0 Å². The number of rotatable bonds is 4. The second-order valence-corrected chi connectivity index (χ2v) is 11.2. The molecule has 0 aliphatic rings. The van der Waals surface area contributed by atoms with Crippen molar-refractivity contribution in [3.8, 4) is 0 Å². The zero-order valence-electron chi connectivity index (χ0n) is 19.2. The summed E-state index contributed by atoms with van der Waals surface area (Å²) in [6, 6.07) is 33.4. The average molecular weight is 660 g/mol. The molecule has 0 saturated carbocycles. The van der Waals surface area contributed by atoms with Crippen molar-refractivity contribution < 1.29 is 58.9 Å². The van der Waals surface area contributed by atoms with E-state index in [0.29, 0.717) is 21.2 Å². The standard InChI is InChI=1S/4C6H7O2P.Mo/c4*7-9(8)6-4-2-1-3-5-6;/h4*1-5,9H,(H,7,8);/q;;;;+4/p-4. The van der Waals surface area contributed by atoms with E-state index < -0.39 is 32.1 Å². The minimum Gasteiger partial charge on any atom is -0.798 e. The van der Waals surface area contributed by atoms with Crippen LogP contribution in [0.1, 0.15) is 0 Å². The molecule has 37 heavy (non-hydrogen) atoms. The molecule has 0 heterocycles. The SMILES string of the molecule is O=[PH]([O-])c1ccccc1.O=[PH]([O-])c1ccccc1.O=[PH]([O-])c1ccccc1.O=[PH]([O-])c1ccccc1.[Mo+4]. The quantitative estimate of drug-likeness (QED) is 0.227. The number of hydrogen-bond acceptors (Lipinski definition) is 8. The Kier molecular flexibility index (Phi) is 20.3. The van der Waals surface area contributed by atoms with Gasteiger partial charge in [0.05, 0.1) is 0 Å². The van der Waals surface area contributed by atoms with Crippen molar-refractivity contribution in [2.45, 2.75) is 0 Å². The molecule has 4 unspecified atom stereocenters. The molecule has 0 saturated heterocycles. The van der Waals surface area contributed by atoms with Crippen LogP contribution in [0, 0.1) is 0 Å². The molecule has 0 aliphatic heterocycles. The molecule has 194 valence electrons. The van der Waals surface area contributed by atoms with E-state index >= 15 is 0 Å². The molecule has 8 nitrogen and oxygen atoms in total. The van der Waals surface area contributed by atoms with Crippen LogP contribution in [-0.4, -0.2) is 0 Å². The van der Waals surface area contributed by atoms with Crippen molar-refractivity contribution in [3.63, 3.8) is 0 Å². The topological polar surface area (TPSA) is 161 Å². The minimum atomic E-state index is -2.71. The molecule has 4 aromatic rings. The van der Waals surface area contributed by atoms with Gasteiger partial charge in [-0.1, -0.05) is 121 Å². The van der Waals surface area contributed by atoms with Crippen molar-refractivity contribution in [3.05, 3.63) is 121 Å². The van der Waals surface area contributed by atoms with Gasteiger partial charge >= 0.3 is 21.1 Å². The van der Waals surface area contributed by atoms with Gasteiger partial charge in [0.15, 0.2) is 0 Å². The zero-order chi connectivity index (χ0) is 26.8. The van der Waals surface area contributed by atoms with Gasteiger partial charge in [0, 0.05) is 32.1 Å². The normalized spacial score (nSPS) is 12.6. The Morgan fingerprint density at radius 3 is 0.541 bits per heavy atom. The fourth-order valence-electron chi connectivity index (χ4n) is 2.30. The molecule has 4 atom stereocenters. The average Bonchev–Trinajstić information content (AvgIpc) is 2.92. The van der Waals surface area contributed by atoms with Crippen molar-refractivity contribution in [1.82, 2.24) is 0 Å². The first-order chi connectivity index (χ1) is 17.2. The summed E-state index contributed by atoms with van der Waals surface area (Å²) in [6.07, 6.45) is 0. The van der Waals surface area contributed by atoms with Crippen LogP contribution < -0.4 is 40.8 Å². The zero-order valence-corrected chi connectivity index (χ0v) is 25.2. The van der Waals surface area contributed by atoms with Gasteiger partial charge in [-0.15, -0.1) is 0 Å². The van der Waals surface area contributed by atoms with Gasteiger partial charge in [-0.25, -0.2) is 0 Å². The minimum absolute atomic E-state index is 0. The number of benzene rings is 4. The Morgan fingerprint density at radius 2 is 0.459 bits per heavy atom. The summed E-state index contributed by atoms with van der Waals surface area (Å²) < 4.78 is 41.1. The summed E-state index contributed by atoms with van der Waals surface area (Å²) in [5.41, 5.74) is 0. The van der Waals surface area contributed by atoms with Crippen LogP contribution in [0.15, 0.2) is 121 Å². The van der Waals surface area contributed by atoms with Crippen molar-refractivity contribution in [2.24, 2.45) is 0 Å². The van der Waals surface area contributed by atoms with Gasteiger partial charge in [0.2, 0.25) is 0 Å². The molecule has 0 fully saturated rings. The van der Waals surface area contributed by atoms with Gasteiger partial charge in [-0.2, -0.15) is 0 Å². The van der Waals surface area contributed by atoms with Gasteiger partial charge in [-0.05, 0) is 21.2 Å². The van der Waals surface area contributed by atoms with Crippen LogP contribution in [0.3, 0.4) is 0 Å². The Bertz CT molecular complexity index is 1030. The molecule has 0 aliphatic carbocycles. The molecular weight excluding hydrogens is 636 g/mol. The summed E-state index contributed by atoms with van der Waals surface area (Å²) >= 11 is 0. The van der Waals surface area contributed by atoms with Crippen molar-refractivity contribution >= 4 is 53.3 Å². The second-order valence-electron chi connectivity index (χ2n) is 6.61. The van der Waals surface area contributed by atoms with Gasteiger partial charge in [0.1, 0.15) is 0 Å². The molecule has 0 radical (unpaired) electrons. The summed E-state index contributed by atoms with van der Waals surface area (Å²) in [4.78, 5) is 41.1. The molecule has 4 rings (SSSR count). The van der Waals surface area contributed by atoms with E-state index in [1.165, 1.54) is 0 Å². The fraction of sp³-hybridized carbons (Fsp3) is 0. The van der Waals surface area contributed by atoms with E-state index in [9.17, 15) is 37.8 Å². The van der Waals surface area contributed by atoms with Crippen LogP contribution in [0.2, 0.25) is 0 Å².